The Labute approximate surface area is 176 Å². The van der Waals surface area contributed by atoms with Gasteiger partial charge in [-0.2, -0.15) is 0 Å². The number of hydrogen-bond acceptors (Lipinski definition) is 2. The first-order valence-corrected chi connectivity index (χ1v) is 10.5. The number of benzene rings is 2. The Hall–Kier alpha value is -2.11. The van der Waals surface area contributed by atoms with Crippen molar-refractivity contribution in [2.24, 2.45) is 0 Å². The summed E-state index contributed by atoms with van der Waals surface area (Å²) in [5.41, 5.74) is 3.15. The number of ether oxygens (including phenoxy) is 1. The lowest BCUT2D eigenvalue weighted by Gasteiger charge is -2.43. The average molecular weight is 418 g/mol. The molecule has 2 bridgehead atoms. The number of piperidine rings is 1. The van der Waals surface area contributed by atoms with Gasteiger partial charge in [0.2, 0.25) is 0 Å². The third kappa shape index (κ3) is 3.99. The van der Waals surface area contributed by atoms with E-state index in [0.29, 0.717) is 17.8 Å². The summed E-state index contributed by atoms with van der Waals surface area (Å²) in [5.74, 6) is -0.468. The number of rotatable bonds is 3. The van der Waals surface area contributed by atoms with Crippen LogP contribution in [0.25, 0.3) is 11.1 Å². The number of nitrogens with one attached hydrogen (secondary N) is 1. The first kappa shape index (κ1) is 20.2. The van der Waals surface area contributed by atoms with Crippen LogP contribution >= 0.6 is 11.6 Å². The zero-order chi connectivity index (χ0) is 20.8. The Morgan fingerprint density at radius 3 is 2.48 bits per heavy atom. The molecule has 2 aromatic rings. The summed E-state index contributed by atoms with van der Waals surface area (Å²) in [4.78, 5) is 12.7. The van der Waals surface area contributed by atoms with Crippen LogP contribution in [0.3, 0.4) is 0 Å². The van der Waals surface area contributed by atoms with E-state index in [4.69, 9.17) is 16.3 Å². The fraction of sp³-hybridized carbons (Fsp3) is 0.435. The van der Waals surface area contributed by atoms with E-state index in [0.717, 1.165) is 34.0 Å². The van der Waals surface area contributed by atoms with Crippen LogP contribution in [0.4, 0.5) is 14.9 Å². The molecule has 3 atom stereocenters. The van der Waals surface area contributed by atoms with Crippen LogP contribution < -0.4 is 5.32 Å². The molecule has 0 saturated carbocycles. The van der Waals surface area contributed by atoms with E-state index in [1.165, 1.54) is 18.9 Å². The Morgan fingerprint density at radius 2 is 1.83 bits per heavy atom. The van der Waals surface area contributed by atoms with Crippen LogP contribution in [0.15, 0.2) is 36.4 Å². The van der Waals surface area contributed by atoms with Crippen molar-refractivity contribution in [1.29, 1.82) is 0 Å². The van der Waals surface area contributed by atoms with Gasteiger partial charge in [-0.05, 0) is 36.2 Å². The summed E-state index contributed by atoms with van der Waals surface area (Å²) in [6.45, 7) is 1.96. The summed E-state index contributed by atoms with van der Waals surface area (Å²) >= 11 is 5.95. The second-order valence-corrected chi connectivity index (χ2v) is 9.22. The largest absolute Gasteiger partial charge is 0.445 e. The van der Waals surface area contributed by atoms with E-state index in [2.05, 4.69) is 19.4 Å². The third-order valence-corrected chi connectivity index (χ3v) is 6.99. The Balaban J connectivity index is 1.50. The molecule has 0 aliphatic carbocycles. The lowest BCUT2D eigenvalue weighted by atomic mass is 9.98. The summed E-state index contributed by atoms with van der Waals surface area (Å²) < 4.78 is 20.4. The van der Waals surface area contributed by atoms with Gasteiger partial charge in [0, 0.05) is 31.2 Å². The molecule has 4 rings (SSSR count). The summed E-state index contributed by atoms with van der Waals surface area (Å²) in [7, 11) is 4.57. The predicted octanol–water partition coefficient (Wildman–Crippen LogP) is 5.77. The highest BCUT2D eigenvalue weighted by molar-refractivity contribution is 6.31. The molecule has 2 heterocycles. The molecule has 1 amide bonds. The van der Waals surface area contributed by atoms with Crippen molar-refractivity contribution in [3.63, 3.8) is 0 Å². The van der Waals surface area contributed by atoms with Gasteiger partial charge in [0.25, 0.3) is 0 Å². The number of nitrogens with zero attached hydrogens (tertiary/aromatic N) is 1. The van der Waals surface area contributed by atoms with Gasteiger partial charge in [0.05, 0.1) is 36.9 Å². The molecular weight excluding hydrogens is 391 g/mol. The van der Waals surface area contributed by atoms with Crippen molar-refractivity contribution in [3.8, 4) is 11.1 Å². The molecule has 2 aliphatic rings. The first-order valence-electron chi connectivity index (χ1n) is 10.1. The Bertz CT molecular complexity index is 930. The van der Waals surface area contributed by atoms with Crippen LogP contribution in [0.1, 0.15) is 31.2 Å². The van der Waals surface area contributed by atoms with Gasteiger partial charge in [-0.15, -0.1) is 0 Å². The van der Waals surface area contributed by atoms with Crippen molar-refractivity contribution in [3.05, 3.63) is 52.8 Å². The second kappa shape index (κ2) is 7.62. The minimum Gasteiger partial charge on any atom is -0.445 e. The minimum atomic E-state index is -0.468. The topological polar surface area (TPSA) is 38.3 Å². The number of quaternary nitrogens is 1. The molecule has 1 N–H and O–H groups in total. The van der Waals surface area contributed by atoms with Crippen molar-refractivity contribution in [2.75, 3.05) is 19.4 Å². The highest BCUT2D eigenvalue weighted by Crippen LogP contribution is 2.40. The zero-order valence-electron chi connectivity index (χ0n) is 17.0. The molecule has 6 heteroatoms. The molecular formula is C23H27ClFN2O2+. The summed E-state index contributed by atoms with van der Waals surface area (Å²) in [5, 5.41) is 2.95. The van der Waals surface area contributed by atoms with Gasteiger partial charge in [-0.3, -0.25) is 5.32 Å². The fourth-order valence-electron chi connectivity index (χ4n) is 4.89. The van der Waals surface area contributed by atoms with Crippen molar-refractivity contribution in [1.82, 2.24) is 0 Å². The van der Waals surface area contributed by atoms with E-state index >= 15 is 0 Å². The maximum Gasteiger partial charge on any atom is 0.411 e. The number of amides is 1. The molecule has 29 heavy (non-hydrogen) atoms. The number of carbonyl (C=O) groups is 1. The summed E-state index contributed by atoms with van der Waals surface area (Å²) in [6, 6.07) is 11.4. The molecule has 0 spiro atoms. The Kier molecular flexibility index (Phi) is 5.30. The first-order chi connectivity index (χ1) is 13.7. The number of aryl methyl sites for hydroxylation is 1. The lowest BCUT2D eigenvalue weighted by Crippen LogP contribution is -2.56. The molecule has 154 valence electrons. The van der Waals surface area contributed by atoms with E-state index in [1.54, 1.807) is 12.1 Å². The van der Waals surface area contributed by atoms with Gasteiger partial charge in [0.1, 0.15) is 11.9 Å². The lowest BCUT2D eigenvalue weighted by molar-refractivity contribution is -0.931. The number of carbonyl (C=O) groups excluding carboxylic acids is 1. The normalized spacial score (nSPS) is 24.9. The monoisotopic (exact) mass is 417 g/mol. The van der Waals surface area contributed by atoms with Crippen LogP contribution in [-0.4, -0.2) is 42.9 Å². The van der Waals surface area contributed by atoms with Crippen LogP contribution in [-0.2, 0) is 4.74 Å². The van der Waals surface area contributed by atoms with Gasteiger partial charge in [-0.25, -0.2) is 9.18 Å². The summed E-state index contributed by atoms with van der Waals surface area (Å²) in [6.07, 6.45) is 3.73. The number of halogens is 2. The maximum atomic E-state index is 13.5. The molecule has 0 radical (unpaired) electrons. The van der Waals surface area contributed by atoms with E-state index < -0.39 is 11.9 Å². The number of fused-ring (bicyclic) bond motifs is 2. The van der Waals surface area contributed by atoms with Gasteiger partial charge in [-0.1, -0.05) is 29.8 Å². The standard InChI is InChI=1S/C23H26ClFN2O2/c1-14-4-8-19(15-5-9-21(25)20(24)11-15)22(10-14)26-23(28)29-18-12-16-6-7-17(13-18)27(16,2)3/h4-5,8-11,16-18H,6-7,12-13H2,1-3H3/p+1/t16-,17+,18?. The fourth-order valence-corrected chi connectivity index (χ4v) is 5.08. The second-order valence-electron chi connectivity index (χ2n) is 8.82. The highest BCUT2D eigenvalue weighted by Gasteiger charge is 2.49. The smallest absolute Gasteiger partial charge is 0.411 e. The molecule has 2 aromatic carbocycles. The number of hydrogen-bond donors (Lipinski definition) is 1. The van der Waals surface area contributed by atoms with E-state index in [1.807, 2.05) is 25.1 Å². The Morgan fingerprint density at radius 1 is 1.14 bits per heavy atom. The van der Waals surface area contributed by atoms with Crippen molar-refractivity contribution in [2.45, 2.75) is 50.8 Å². The maximum absolute atomic E-state index is 13.5. The van der Waals surface area contributed by atoms with Crippen molar-refractivity contribution >= 4 is 23.4 Å². The van der Waals surface area contributed by atoms with Crippen molar-refractivity contribution < 1.29 is 18.4 Å². The van der Waals surface area contributed by atoms with Gasteiger partial charge >= 0.3 is 6.09 Å². The third-order valence-electron chi connectivity index (χ3n) is 6.70. The van der Waals surface area contributed by atoms with Gasteiger partial charge < -0.3 is 9.22 Å². The average Bonchev–Trinajstić information content (AvgIpc) is 2.82. The molecule has 2 saturated heterocycles. The van der Waals surface area contributed by atoms with Crippen LogP contribution in [0.5, 0.6) is 0 Å². The molecule has 2 fully saturated rings. The van der Waals surface area contributed by atoms with Crippen LogP contribution in [0.2, 0.25) is 5.02 Å². The SMILES string of the molecule is Cc1ccc(-c2ccc(F)c(Cl)c2)c(NC(=O)OC2C[C@H]3CC[C@@H](C2)[N+]3(C)C)c1. The quantitative estimate of drug-likeness (QED) is 0.643. The van der Waals surface area contributed by atoms with Crippen LogP contribution in [0, 0.1) is 12.7 Å². The van der Waals surface area contributed by atoms with E-state index in [-0.39, 0.29) is 11.1 Å². The molecule has 2 aliphatic heterocycles. The highest BCUT2D eigenvalue weighted by atomic mass is 35.5. The molecule has 4 nitrogen and oxygen atoms in total. The zero-order valence-corrected chi connectivity index (χ0v) is 17.8. The minimum absolute atomic E-state index is 0.0489. The molecule has 0 aromatic heterocycles. The molecule has 1 unspecified atom stereocenters. The number of anilines is 1. The predicted molar refractivity (Wildman–Crippen MR) is 114 cm³/mol. The van der Waals surface area contributed by atoms with E-state index in [9.17, 15) is 9.18 Å². The van der Waals surface area contributed by atoms with Gasteiger partial charge in [0.15, 0.2) is 0 Å².